The molecule has 0 radical (unpaired) electrons. The third-order valence-electron chi connectivity index (χ3n) is 6.49. The molecule has 2 heterocycles. The number of amides is 1. The number of hydrogen-bond acceptors (Lipinski definition) is 6. The first-order chi connectivity index (χ1) is 17.4. The third-order valence-corrected chi connectivity index (χ3v) is 6.49. The van der Waals surface area contributed by atoms with Crippen LogP contribution < -0.4 is 15.2 Å². The molecule has 1 fully saturated rings. The number of carboxylic acid groups (broad SMARTS) is 2. The number of nitrogens with zero attached hydrogens (tertiary/aromatic N) is 4. The van der Waals surface area contributed by atoms with Gasteiger partial charge in [0.05, 0.1) is 18.0 Å². The lowest BCUT2D eigenvalue weighted by Crippen LogP contribution is -2.43. The molecule has 1 amide bonds. The van der Waals surface area contributed by atoms with Gasteiger partial charge in [0.25, 0.3) is 5.56 Å². The Bertz CT molecular complexity index is 1440. The Morgan fingerprint density at radius 2 is 1.89 bits per heavy atom. The van der Waals surface area contributed by atoms with Crippen molar-refractivity contribution in [2.45, 2.75) is 33.4 Å². The maximum Gasteiger partial charge on any atom is 0.407 e. The summed E-state index contributed by atoms with van der Waals surface area (Å²) in [6, 6.07) is 8.81. The summed E-state index contributed by atoms with van der Waals surface area (Å²) >= 11 is 0. The minimum atomic E-state index is -1.23. The van der Waals surface area contributed by atoms with E-state index in [9.17, 15) is 29.0 Å². The number of aromatic nitrogens is 2. The van der Waals surface area contributed by atoms with E-state index < -0.39 is 30.0 Å². The van der Waals surface area contributed by atoms with Gasteiger partial charge in [-0.2, -0.15) is 0 Å². The maximum absolute atomic E-state index is 14.0. The maximum atomic E-state index is 14.0. The second kappa shape index (κ2) is 9.72. The van der Waals surface area contributed by atoms with Crippen molar-refractivity contribution < 1.29 is 28.9 Å². The topological polar surface area (TPSA) is 125 Å². The van der Waals surface area contributed by atoms with Gasteiger partial charge in [-0.15, -0.1) is 0 Å². The molecule has 2 N–H and O–H groups in total. The smallest absolute Gasteiger partial charge is 0.407 e. The van der Waals surface area contributed by atoms with E-state index in [0.717, 1.165) is 4.57 Å². The molecule has 1 aromatic heterocycles. The Morgan fingerprint density at radius 1 is 1.16 bits per heavy atom. The zero-order valence-corrected chi connectivity index (χ0v) is 21.1. The number of benzene rings is 2. The Labute approximate surface area is 212 Å². The number of rotatable bonds is 5. The van der Waals surface area contributed by atoms with Gasteiger partial charge in [-0.05, 0) is 48.7 Å². The second-order valence-corrected chi connectivity index (χ2v) is 10.1. The SMILES string of the molecule is COc1cc(-c2nc3ccc(N4CC(C)N(C(=O)O)CC(C)(C)C4)cc3c(=O)n2CC(=O)O)ccc1F. The van der Waals surface area contributed by atoms with Gasteiger partial charge in [0.15, 0.2) is 11.6 Å². The van der Waals surface area contributed by atoms with E-state index in [1.54, 1.807) is 12.1 Å². The lowest BCUT2D eigenvalue weighted by Gasteiger charge is -2.31. The molecule has 1 aliphatic rings. The summed E-state index contributed by atoms with van der Waals surface area (Å²) in [4.78, 5) is 45.0. The number of anilines is 1. The van der Waals surface area contributed by atoms with Crippen LogP contribution in [0.3, 0.4) is 0 Å². The van der Waals surface area contributed by atoms with Gasteiger partial charge in [-0.1, -0.05) is 13.8 Å². The molecule has 37 heavy (non-hydrogen) atoms. The summed E-state index contributed by atoms with van der Waals surface area (Å²) in [6.07, 6.45) is -0.980. The molecule has 1 unspecified atom stereocenters. The zero-order chi connectivity index (χ0) is 27.1. The van der Waals surface area contributed by atoms with Gasteiger partial charge in [-0.3, -0.25) is 14.2 Å². The minimum absolute atomic E-state index is 0.0580. The predicted molar refractivity (Wildman–Crippen MR) is 136 cm³/mol. The Kier molecular flexibility index (Phi) is 6.81. The van der Waals surface area contributed by atoms with Gasteiger partial charge in [0.2, 0.25) is 0 Å². The third kappa shape index (κ3) is 5.20. The summed E-state index contributed by atoms with van der Waals surface area (Å²) in [5.74, 6) is -1.81. The lowest BCUT2D eigenvalue weighted by atomic mass is 9.92. The number of carbonyl (C=O) groups is 2. The molecule has 0 aliphatic carbocycles. The van der Waals surface area contributed by atoms with E-state index in [2.05, 4.69) is 4.98 Å². The van der Waals surface area contributed by atoms with Crippen molar-refractivity contribution in [1.82, 2.24) is 14.5 Å². The fourth-order valence-electron chi connectivity index (χ4n) is 4.83. The highest BCUT2D eigenvalue weighted by molar-refractivity contribution is 5.84. The van der Waals surface area contributed by atoms with Crippen LogP contribution in [0.5, 0.6) is 5.75 Å². The van der Waals surface area contributed by atoms with Gasteiger partial charge in [-0.25, -0.2) is 14.2 Å². The van der Waals surface area contributed by atoms with E-state index in [0.29, 0.717) is 36.4 Å². The molecule has 3 aromatic rings. The molecule has 1 aliphatic heterocycles. The first kappa shape index (κ1) is 25.9. The second-order valence-electron chi connectivity index (χ2n) is 10.1. The monoisotopic (exact) mass is 512 g/mol. The highest BCUT2D eigenvalue weighted by Gasteiger charge is 2.35. The fraction of sp³-hybridized carbons (Fsp3) is 0.385. The molecule has 0 spiro atoms. The van der Waals surface area contributed by atoms with Crippen molar-refractivity contribution >= 4 is 28.7 Å². The zero-order valence-electron chi connectivity index (χ0n) is 21.1. The molecule has 0 bridgehead atoms. The van der Waals surface area contributed by atoms with Gasteiger partial charge < -0.3 is 24.7 Å². The predicted octanol–water partition coefficient (Wildman–Crippen LogP) is 3.51. The van der Waals surface area contributed by atoms with Gasteiger partial charge in [0.1, 0.15) is 12.4 Å². The number of carboxylic acids is 1. The number of hydrogen-bond donors (Lipinski definition) is 2. The minimum Gasteiger partial charge on any atom is -0.494 e. The molecule has 11 heteroatoms. The number of methoxy groups -OCH3 is 1. The molecule has 2 aromatic carbocycles. The fourth-order valence-corrected chi connectivity index (χ4v) is 4.83. The van der Waals surface area contributed by atoms with Crippen molar-refractivity contribution in [1.29, 1.82) is 0 Å². The first-order valence-electron chi connectivity index (χ1n) is 11.7. The molecule has 4 rings (SSSR count). The van der Waals surface area contributed by atoms with Crippen molar-refractivity contribution in [3.8, 4) is 17.1 Å². The van der Waals surface area contributed by atoms with Crippen LogP contribution in [-0.4, -0.2) is 69.5 Å². The van der Waals surface area contributed by atoms with Crippen molar-refractivity contribution in [3.63, 3.8) is 0 Å². The van der Waals surface area contributed by atoms with Crippen LogP contribution in [0.15, 0.2) is 41.2 Å². The lowest BCUT2D eigenvalue weighted by molar-refractivity contribution is -0.137. The number of aliphatic carboxylic acids is 1. The quantitative estimate of drug-likeness (QED) is 0.532. The first-order valence-corrected chi connectivity index (χ1v) is 11.7. The van der Waals surface area contributed by atoms with Crippen LogP contribution in [0.25, 0.3) is 22.3 Å². The van der Waals surface area contributed by atoms with E-state index in [-0.39, 0.29) is 28.4 Å². The number of ether oxygens (including phenoxy) is 1. The van der Waals surface area contributed by atoms with E-state index in [1.165, 1.54) is 30.2 Å². The normalized spacial score (nSPS) is 17.5. The highest BCUT2D eigenvalue weighted by atomic mass is 19.1. The largest absolute Gasteiger partial charge is 0.494 e. The van der Waals surface area contributed by atoms with Crippen molar-refractivity contribution in [2.75, 3.05) is 31.6 Å². The highest BCUT2D eigenvalue weighted by Crippen LogP contribution is 2.31. The Morgan fingerprint density at radius 3 is 2.54 bits per heavy atom. The van der Waals surface area contributed by atoms with Gasteiger partial charge >= 0.3 is 12.1 Å². The molecule has 1 saturated heterocycles. The summed E-state index contributed by atoms with van der Waals surface area (Å²) in [5.41, 5.74) is 0.478. The standard InChI is InChI=1S/C26H29FN4O6/c1-15-11-29(13-26(2,3)14-31(15)25(35)36)17-6-8-20-18(10-17)24(34)30(12-22(32)33)23(28-20)16-5-7-19(27)21(9-16)37-4/h5-10,15H,11-14H2,1-4H3,(H,32,33)(H,35,36). The van der Waals surface area contributed by atoms with Crippen molar-refractivity contribution in [2.24, 2.45) is 5.41 Å². The summed E-state index contributed by atoms with van der Waals surface area (Å²) in [5, 5.41) is 19.4. The summed E-state index contributed by atoms with van der Waals surface area (Å²) in [6.45, 7) is 6.52. The van der Waals surface area contributed by atoms with Crippen LogP contribution >= 0.6 is 0 Å². The molecule has 196 valence electrons. The Balaban J connectivity index is 1.84. The van der Waals surface area contributed by atoms with Crippen molar-refractivity contribution in [3.05, 3.63) is 52.6 Å². The molecular weight excluding hydrogens is 483 g/mol. The van der Waals surface area contributed by atoms with Crippen LogP contribution in [-0.2, 0) is 11.3 Å². The average molecular weight is 513 g/mol. The molecular formula is C26H29FN4O6. The summed E-state index contributed by atoms with van der Waals surface area (Å²) < 4.78 is 20.1. The molecule has 1 atom stereocenters. The van der Waals surface area contributed by atoms with Crippen LogP contribution in [0.1, 0.15) is 20.8 Å². The van der Waals surface area contributed by atoms with Gasteiger partial charge in [0, 0.05) is 36.9 Å². The number of halogens is 1. The van der Waals surface area contributed by atoms with Crippen LogP contribution in [0.4, 0.5) is 14.9 Å². The molecule has 10 nitrogen and oxygen atoms in total. The molecule has 0 saturated carbocycles. The van der Waals surface area contributed by atoms with E-state index in [4.69, 9.17) is 4.74 Å². The summed E-state index contributed by atoms with van der Waals surface area (Å²) in [7, 11) is 1.31. The van der Waals surface area contributed by atoms with E-state index in [1.807, 2.05) is 31.7 Å². The van der Waals surface area contributed by atoms with Crippen LogP contribution in [0, 0.1) is 11.2 Å². The number of fused-ring (bicyclic) bond motifs is 1. The van der Waals surface area contributed by atoms with Crippen LogP contribution in [0.2, 0.25) is 0 Å². The van der Waals surface area contributed by atoms with E-state index >= 15 is 0 Å². The Hall–Kier alpha value is -4.15. The average Bonchev–Trinajstić information content (AvgIpc) is 2.95.